The van der Waals surface area contributed by atoms with Gasteiger partial charge in [-0.15, -0.1) is 0 Å². The van der Waals surface area contributed by atoms with Crippen LogP contribution in [0.5, 0.6) is 0 Å². The molecule has 0 unspecified atom stereocenters. The third-order valence-electron chi connectivity index (χ3n) is 2.35. The minimum atomic E-state index is -4.42. The van der Waals surface area contributed by atoms with Gasteiger partial charge >= 0.3 is 6.18 Å². The molecule has 0 saturated carbocycles. The molecule has 0 aliphatic carbocycles. The van der Waals surface area contributed by atoms with Gasteiger partial charge in [-0.05, 0) is 26.0 Å². The quantitative estimate of drug-likeness (QED) is 0.591. The maximum Gasteiger partial charge on any atom is 0.416 e. The Kier molecular flexibility index (Phi) is 5.50. The molecule has 0 aromatic heterocycles. The predicted octanol–water partition coefficient (Wildman–Crippen LogP) is 3.29. The fourth-order valence-corrected chi connectivity index (χ4v) is 1.46. The molecule has 0 bridgehead atoms. The number of ether oxygens (including phenoxy) is 2. The number of hydrogen-bond acceptors (Lipinski definition) is 3. The molecular weight excluding hydrogens is 261 g/mol. The first kappa shape index (κ1) is 15.7. The number of rotatable bonds is 6. The van der Waals surface area contributed by atoms with Crippen LogP contribution in [0.25, 0.3) is 0 Å². The van der Waals surface area contributed by atoms with E-state index >= 15 is 0 Å². The number of benzene rings is 1. The van der Waals surface area contributed by atoms with Crippen molar-refractivity contribution in [1.29, 1.82) is 0 Å². The molecule has 0 atom stereocenters. The van der Waals surface area contributed by atoms with Gasteiger partial charge in [-0.2, -0.15) is 13.2 Å². The average Bonchev–Trinajstić information content (AvgIpc) is 2.37. The highest BCUT2D eigenvalue weighted by atomic mass is 19.4. The Balaban J connectivity index is 2.87. The van der Waals surface area contributed by atoms with E-state index in [0.29, 0.717) is 0 Å². The van der Waals surface area contributed by atoms with Gasteiger partial charge in [0.1, 0.15) is 0 Å². The van der Waals surface area contributed by atoms with E-state index in [9.17, 15) is 18.0 Å². The molecule has 0 aliphatic rings. The minimum Gasteiger partial charge on any atom is -0.346 e. The summed E-state index contributed by atoms with van der Waals surface area (Å²) in [5.41, 5.74) is -0.673. The summed E-state index contributed by atoms with van der Waals surface area (Å²) < 4.78 is 47.4. The molecule has 1 rings (SSSR count). The number of carbonyl (C=O) groups is 1. The van der Waals surface area contributed by atoms with Gasteiger partial charge in [0.15, 0.2) is 0 Å². The summed E-state index contributed by atoms with van der Waals surface area (Å²) in [6, 6.07) is 3.97. The molecule has 0 amide bonds. The smallest absolute Gasteiger partial charge is 0.346 e. The number of Topliss-reactive ketones (excluding diaryl/α,β-unsaturated/α-hetero) is 1. The van der Waals surface area contributed by atoms with Gasteiger partial charge in [0.2, 0.25) is 12.1 Å². The van der Waals surface area contributed by atoms with E-state index in [0.717, 1.165) is 24.3 Å². The molecule has 0 fully saturated rings. The standard InChI is InChI=1S/C13H15F3O3/c1-3-18-12(19-4-2)11(17)9-5-7-10(8-6-9)13(14,15)16/h5-8,12H,3-4H2,1-2H3. The minimum absolute atomic E-state index is 0.125. The van der Waals surface area contributed by atoms with Crippen LogP contribution in [0.15, 0.2) is 24.3 Å². The van der Waals surface area contributed by atoms with Crippen LogP contribution in [0.1, 0.15) is 29.8 Å². The van der Waals surface area contributed by atoms with Gasteiger partial charge in [0.25, 0.3) is 0 Å². The van der Waals surface area contributed by atoms with Crippen molar-refractivity contribution in [3.05, 3.63) is 35.4 Å². The summed E-state index contributed by atoms with van der Waals surface area (Å²) in [5.74, 6) is -0.488. The maximum absolute atomic E-state index is 12.4. The van der Waals surface area contributed by atoms with E-state index in [4.69, 9.17) is 9.47 Å². The fraction of sp³-hybridized carbons (Fsp3) is 0.462. The first-order valence-electron chi connectivity index (χ1n) is 5.84. The van der Waals surface area contributed by atoms with Crippen molar-refractivity contribution in [2.75, 3.05) is 13.2 Å². The molecule has 1 aromatic carbocycles. The highest BCUT2D eigenvalue weighted by molar-refractivity contribution is 5.98. The zero-order valence-electron chi connectivity index (χ0n) is 10.7. The zero-order valence-corrected chi connectivity index (χ0v) is 10.7. The number of hydrogen-bond donors (Lipinski definition) is 0. The van der Waals surface area contributed by atoms with Crippen molar-refractivity contribution >= 4 is 5.78 Å². The lowest BCUT2D eigenvalue weighted by molar-refractivity contribution is -0.137. The molecule has 3 nitrogen and oxygen atoms in total. The van der Waals surface area contributed by atoms with Gasteiger partial charge in [-0.25, -0.2) is 0 Å². The van der Waals surface area contributed by atoms with Crippen LogP contribution >= 0.6 is 0 Å². The molecular formula is C13H15F3O3. The molecule has 0 heterocycles. The lowest BCUT2D eigenvalue weighted by atomic mass is 10.1. The summed E-state index contributed by atoms with van der Waals surface area (Å²) in [5, 5.41) is 0. The summed E-state index contributed by atoms with van der Waals surface area (Å²) >= 11 is 0. The normalized spacial score (nSPS) is 11.9. The SMILES string of the molecule is CCOC(OCC)C(=O)c1ccc(C(F)(F)F)cc1. The monoisotopic (exact) mass is 276 g/mol. The molecule has 106 valence electrons. The Morgan fingerprint density at radius 2 is 1.58 bits per heavy atom. The molecule has 0 spiro atoms. The van der Waals surface area contributed by atoms with Gasteiger partial charge < -0.3 is 9.47 Å². The topological polar surface area (TPSA) is 35.5 Å². The summed E-state index contributed by atoms with van der Waals surface area (Å²) in [6.45, 7) is 3.95. The molecule has 0 N–H and O–H groups in total. The molecule has 1 aromatic rings. The number of carbonyl (C=O) groups excluding carboxylic acids is 1. The Bertz CT molecular complexity index is 406. The highest BCUT2D eigenvalue weighted by Crippen LogP contribution is 2.29. The number of alkyl halides is 3. The van der Waals surface area contributed by atoms with E-state index in [1.54, 1.807) is 13.8 Å². The van der Waals surface area contributed by atoms with Gasteiger partial charge in [0.05, 0.1) is 5.56 Å². The van der Waals surface area contributed by atoms with Crippen molar-refractivity contribution in [3.8, 4) is 0 Å². The Morgan fingerprint density at radius 1 is 1.11 bits per heavy atom. The van der Waals surface area contributed by atoms with Crippen molar-refractivity contribution in [2.45, 2.75) is 26.3 Å². The number of ketones is 1. The van der Waals surface area contributed by atoms with Crippen molar-refractivity contribution < 1.29 is 27.4 Å². The van der Waals surface area contributed by atoms with E-state index in [1.807, 2.05) is 0 Å². The van der Waals surface area contributed by atoms with Crippen LogP contribution in [0, 0.1) is 0 Å². The van der Waals surface area contributed by atoms with Gasteiger partial charge in [0, 0.05) is 18.8 Å². The average molecular weight is 276 g/mol. The van der Waals surface area contributed by atoms with Crippen LogP contribution in [0.2, 0.25) is 0 Å². The fourth-order valence-electron chi connectivity index (χ4n) is 1.46. The van der Waals surface area contributed by atoms with Crippen molar-refractivity contribution in [2.24, 2.45) is 0 Å². The first-order valence-corrected chi connectivity index (χ1v) is 5.84. The van der Waals surface area contributed by atoms with Crippen LogP contribution in [0.3, 0.4) is 0 Å². The van der Waals surface area contributed by atoms with E-state index < -0.39 is 23.8 Å². The van der Waals surface area contributed by atoms with Crippen LogP contribution in [-0.2, 0) is 15.7 Å². The van der Waals surface area contributed by atoms with Crippen LogP contribution in [-0.4, -0.2) is 25.3 Å². The van der Waals surface area contributed by atoms with E-state index in [1.165, 1.54) is 0 Å². The van der Waals surface area contributed by atoms with Gasteiger partial charge in [-0.3, -0.25) is 4.79 Å². The predicted molar refractivity (Wildman–Crippen MR) is 62.8 cm³/mol. The Labute approximate surface area is 109 Å². The second-order valence-electron chi connectivity index (χ2n) is 3.68. The van der Waals surface area contributed by atoms with E-state index in [-0.39, 0.29) is 18.8 Å². The summed E-state index contributed by atoms with van der Waals surface area (Å²) in [4.78, 5) is 12.0. The van der Waals surface area contributed by atoms with Gasteiger partial charge in [-0.1, -0.05) is 12.1 Å². The third kappa shape index (κ3) is 4.33. The second kappa shape index (κ2) is 6.68. The van der Waals surface area contributed by atoms with Crippen molar-refractivity contribution in [3.63, 3.8) is 0 Å². The zero-order chi connectivity index (χ0) is 14.5. The molecule has 6 heteroatoms. The van der Waals surface area contributed by atoms with E-state index in [2.05, 4.69) is 0 Å². The highest BCUT2D eigenvalue weighted by Gasteiger charge is 2.30. The van der Waals surface area contributed by atoms with Crippen LogP contribution in [0.4, 0.5) is 13.2 Å². The summed E-state index contributed by atoms with van der Waals surface area (Å²) in [7, 11) is 0. The summed E-state index contributed by atoms with van der Waals surface area (Å²) in [6.07, 6.45) is -5.49. The molecule has 0 radical (unpaired) electrons. The van der Waals surface area contributed by atoms with Crippen LogP contribution < -0.4 is 0 Å². The molecule has 19 heavy (non-hydrogen) atoms. The second-order valence-corrected chi connectivity index (χ2v) is 3.68. The first-order chi connectivity index (χ1) is 8.90. The lowest BCUT2D eigenvalue weighted by Crippen LogP contribution is -2.27. The Hall–Kier alpha value is -1.40. The largest absolute Gasteiger partial charge is 0.416 e. The maximum atomic E-state index is 12.4. The number of halogens is 3. The third-order valence-corrected chi connectivity index (χ3v) is 2.35. The van der Waals surface area contributed by atoms with Crippen molar-refractivity contribution in [1.82, 2.24) is 0 Å². The molecule has 0 aliphatic heterocycles. The Morgan fingerprint density at radius 3 is 1.95 bits per heavy atom. The lowest BCUT2D eigenvalue weighted by Gasteiger charge is -2.15. The molecule has 0 saturated heterocycles.